The van der Waals surface area contributed by atoms with E-state index in [4.69, 9.17) is 21.7 Å². The molecule has 2 aromatic carbocycles. The van der Waals surface area contributed by atoms with Crippen molar-refractivity contribution < 1.29 is 4.52 Å². The van der Waals surface area contributed by atoms with Gasteiger partial charge in [0.1, 0.15) is 5.82 Å². The first-order valence-corrected chi connectivity index (χ1v) is 14.7. The fourth-order valence-electron chi connectivity index (χ4n) is 5.32. The number of nitrogens with one attached hydrogen (secondary N) is 1. The van der Waals surface area contributed by atoms with E-state index in [0.29, 0.717) is 24.4 Å². The molecule has 0 atom stereocenters. The van der Waals surface area contributed by atoms with E-state index in [1.165, 1.54) is 0 Å². The van der Waals surface area contributed by atoms with Gasteiger partial charge in [0.25, 0.3) is 5.56 Å². The van der Waals surface area contributed by atoms with Gasteiger partial charge >= 0.3 is 5.76 Å². The van der Waals surface area contributed by atoms with Gasteiger partial charge in [0.2, 0.25) is 0 Å². The predicted octanol–water partition coefficient (Wildman–Crippen LogP) is 5.94. The van der Waals surface area contributed by atoms with Crippen LogP contribution < -0.4 is 11.3 Å². The first kappa shape index (κ1) is 30.1. The van der Waals surface area contributed by atoms with Gasteiger partial charge in [0.15, 0.2) is 5.82 Å². The number of H-pyrrole nitrogens is 1. The molecule has 0 radical (unpaired) electrons. The minimum absolute atomic E-state index is 0.0252. The molecule has 8 nitrogen and oxygen atoms in total. The van der Waals surface area contributed by atoms with E-state index in [1.807, 2.05) is 60.0 Å². The number of thiocarbonyl (C=S) groups is 1. The Kier molecular flexibility index (Phi) is 9.70. The Morgan fingerprint density at radius 3 is 2.27 bits per heavy atom. The van der Waals surface area contributed by atoms with Gasteiger partial charge in [0, 0.05) is 41.7 Å². The molecule has 0 amide bonds. The Hall–Kier alpha value is -3.85. The van der Waals surface area contributed by atoms with Crippen molar-refractivity contribution in [2.24, 2.45) is 0 Å². The molecule has 41 heavy (non-hydrogen) atoms. The van der Waals surface area contributed by atoms with Gasteiger partial charge in [-0.3, -0.25) is 18.9 Å². The van der Waals surface area contributed by atoms with Gasteiger partial charge in [-0.25, -0.2) is 9.78 Å². The molecule has 0 aliphatic heterocycles. The van der Waals surface area contributed by atoms with Gasteiger partial charge in [-0.05, 0) is 57.7 Å². The molecule has 0 saturated heterocycles. The third-order valence-corrected chi connectivity index (χ3v) is 7.61. The van der Waals surface area contributed by atoms with Crippen molar-refractivity contribution in [3.8, 4) is 22.5 Å². The molecule has 9 heteroatoms. The number of nitrogens with zero attached hydrogens (tertiary/aromatic N) is 4. The predicted molar refractivity (Wildman–Crippen MR) is 167 cm³/mol. The lowest BCUT2D eigenvalue weighted by Crippen LogP contribution is -2.43. The monoisotopic (exact) mass is 573 g/mol. The van der Waals surface area contributed by atoms with E-state index >= 15 is 0 Å². The Morgan fingerprint density at radius 2 is 1.68 bits per heavy atom. The van der Waals surface area contributed by atoms with Crippen molar-refractivity contribution in [1.82, 2.24) is 24.6 Å². The molecule has 1 N–H and O–H groups in total. The summed E-state index contributed by atoms with van der Waals surface area (Å²) in [5.41, 5.74) is 5.02. The Labute approximate surface area is 246 Å². The second-order valence-electron chi connectivity index (χ2n) is 10.9. The number of benzene rings is 2. The van der Waals surface area contributed by atoms with Crippen molar-refractivity contribution >= 4 is 17.2 Å². The fourth-order valence-corrected chi connectivity index (χ4v) is 5.89. The van der Waals surface area contributed by atoms with E-state index in [9.17, 15) is 9.59 Å². The molecule has 2 heterocycles. The molecule has 4 aromatic rings. The first-order valence-electron chi connectivity index (χ1n) is 14.3. The van der Waals surface area contributed by atoms with Gasteiger partial charge < -0.3 is 4.90 Å². The normalized spacial score (nSPS) is 11.4. The molecule has 0 spiro atoms. The minimum Gasteiger partial charge on any atom is -0.361 e. The maximum absolute atomic E-state index is 14.0. The first-order chi connectivity index (χ1) is 19.6. The van der Waals surface area contributed by atoms with Crippen LogP contribution in [-0.4, -0.2) is 41.7 Å². The lowest BCUT2D eigenvalue weighted by atomic mass is 9.98. The van der Waals surface area contributed by atoms with Gasteiger partial charge in [-0.2, -0.15) is 0 Å². The van der Waals surface area contributed by atoms with E-state index in [-0.39, 0.29) is 17.6 Å². The second-order valence-corrected chi connectivity index (χ2v) is 11.4. The zero-order valence-corrected chi connectivity index (χ0v) is 25.5. The molecule has 4 rings (SSSR count). The highest BCUT2D eigenvalue weighted by Gasteiger charge is 2.21. The fraction of sp³-hybridized carbons (Fsp3) is 0.406. The Balaban J connectivity index is 1.68. The lowest BCUT2D eigenvalue weighted by molar-refractivity contribution is 0.293. The van der Waals surface area contributed by atoms with Crippen LogP contribution >= 0.6 is 12.2 Å². The maximum atomic E-state index is 14.0. The third-order valence-electron chi connectivity index (χ3n) is 7.26. The number of hydrogen-bond acceptors (Lipinski definition) is 6. The summed E-state index contributed by atoms with van der Waals surface area (Å²) in [6, 6.07) is 16.3. The average molecular weight is 574 g/mol. The zero-order chi connectivity index (χ0) is 29.7. The molecule has 0 bridgehead atoms. The van der Waals surface area contributed by atoms with Gasteiger partial charge in [-0.15, -0.1) is 0 Å². The highest BCUT2D eigenvalue weighted by molar-refractivity contribution is 7.80. The number of aromatic amines is 1. The van der Waals surface area contributed by atoms with Crippen LogP contribution in [0.5, 0.6) is 0 Å². The second kappa shape index (κ2) is 13.2. The van der Waals surface area contributed by atoms with Crippen molar-refractivity contribution in [2.45, 2.75) is 85.9 Å². The van der Waals surface area contributed by atoms with Crippen LogP contribution in [0.1, 0.15) is 70.1 Å². The Morgan fingerprint density at radius 1 is 1.02 bits per heavy atom. The molecule has 0 aliphatic carbocycles. The third kappa shape index (κ3) is 6.90. The molecule has 0 saturated carbocycles. The van der Waals surface area contributed by atoms with Crippen LogP contribution in [-0.2, 0) is 19.4 Å². The minimum atomic E-state index is -0.595. The van der Waals surface area contributed by atoms with Crippen molar-refractivity contribution in [2.75, 3.05) is 0 Å². The number of aromatic nitrogens is 4. The SMILES string of the molecule is CCCCc1nc(C)c(CC(=S)N(C(C)C)C(C)C)c(=O)n1Cc1ccc(-c2ccccc2-c2noc(=O)[nH]2)cc1. The van der Waals surface area contributed by atoms with E-state index in [1.54, 1.807) is 0 Å². The molecular formula is C32H39N5O3S. The summed E-state index contributed by atoms with van der Waals surface area (Å²) < 4.78 is 6.53. The highest BCUT2D eigenvalue weighted by Crippen LogP contribution is 2.30. The number of unbranched alkanes of at least 4 members (excludes halogenated alkanes) is 1. The Bertz CT molecular complexity index is 1610. The number of hydrogen-bond donors (Lipinski definition) is 1. The summed E-state index contributed by atoms with van der Waals surface area (Å²) in [5, 5.41) is 3.85. The van der Waals surface area contributed by atoms with Crippen molar-refractivity contribution in [3.05, 3.63) is 92.1 Å². The van der Waals surface area contributed by atoms with Crippen LogP contribution in [0.15, 0.2) is 62.6 Å². The van der Waals surface area contributed by atoms with Crippen LogP contribution in [0.2, 0.25) is 0 Å². The molecular weight excluding hydrogens is 534 g/mol. The summed E-state index contributed by atoms with van der Waals surface area (Å²) in [6.45, 7) is 13.0. The van der Waals surface area contributed by atoms with Crippen LogP contribution in [0, 0.1) is 6.92 Å². The summed E-state index contributed by atoms with van der Waals surface area (Å²) in [6.07, 6.45) is 3.11. The molecule has 0 aliphatic rings. The van der Waals surface area contributed by atoms with E-state index in [2.05, 4.69) is 49.7 Å². The van der Waals surface area contributed by atoms with E-state index < -0.39 is 5.76 Å². The maximum Gasteiger partial charge on any atom is 0.439 e. The highest BCUT2D eigenvalue weighted by atomic mass is 32.1. The molecule has 0 fully saturated rings. The zero-order valence-electron chi connectivity index (χ0n) is 24.7. The molecule has 216 valence electrons. The van der Waals surface area contributed by atoms with Crippen LogP contribution in [0.3, 0.4) is 0 Å². The van der Waals surface area contributed by atoms with Gasteiger partial charge in [-0.1, -0.05) is 79.3 Å². The lowest BCUT2D eigenvalue weighted by Gasteiger charge is -2.33. The van der Waals surface area contributed by atoms with Crippen molar-refractivity contribution in [3.63, 3.8) is 0 Å². The summed E-state index contributed by atoms with van der Waals surface area (Å²) in [7, 11) is 0. The van der Waals surface area contributed by atoms with Crippen LogP contribution in [0.4, 0.5) is 0 Å². The smallest absolute Gasteiger partial charge is 0.361 e. The van der Waals surface area contributed by atoms with E-state index in [0.717, 1.165) is 58.0 Å². The summed E-state index contributed by atoms with van der Waals surface area (Å²) in [5.74, 6) is 0.590. The average Bonchev–Trinajstić information content (AvgIpc) is 3.37. The summed E-state index contributed by atoms with van der Waals surface area (Å²) in [4.78, 5) is 36.0. The topological polar surface area (TPSA) is 97.0 Å². The number of aryl methyl sites for hydroxylation is 2. The number of rotatable bonds is 11. The van der Waals surface area contributed by atoms with Crippen molar-refractivity contribution in [1.29, 1.82) is 0 Å². The molecule has 2 aromatic heterocycles. The molecule has 0 unspecified atom stereocenters. The van der Waals surface area contributed by atoms with Crippen LogP contribution in [0.25, 0.3) is 22.5 Å². The standard InChI is InChI=1S/C32H39N5O3S/c1-7-8-13-28-33-22(6)27(18-29(41)37(20(2)3)21(4)5)31(38)36(28)19-23-14-16-24(17-15-23)25-11-9-10-12-26(25)30-34-32(39)40-35-30/h9-12,14-17,20-21H,7-8,13,18-19H2,1-6H3,(H,34,35,39). The quantitative estimate of drug-likeness (QED) is 0.222. The summed E-state index contributed by atoms with van der Waals surface area (Å²) >= 11 is 5.83. The van der Waals surface area contributed by atoms with Gasteiger partial charge in [0.05, 0.1) is 11.5 Å². The largest absolute Gasteiger partial charge is 0.439 e.